The summed E-state index contributed by atoms with van der Waals surface area (Å²) in [6, 6.07) is 5.02. The molecule has 0 fully saturated rings. The van der Waals surface area contributed by atoms with Gasteiger partial charge >= 0.3 is 5.97 Å². The van der Waals surface area contributed by atoms with E-state index in [-0.39, 0.29) is 6.61 Å². The number of nitrogens with zero attached hydrogens (tertiary/aromatic N) is 2. The number of ether oxygens (including phenoxy) is 2. The van der Waals surface area contributed by atoms with Crippen molar-refractivity contribution in [2.45, 2.75) is 27.0 Å². The number of rotatable bonds is 6. The van der Waals surface area contributed by atoms with Gasteiger partial charge in [0.1, 0.15) is 12.2 Å². The molecular formula is C15H19N3O3. The number of para-hydroxylation sites is 1. The maximum atomic E-state index is 12.2. The number of hydrogen-bond acceptors (Lipinski definition) is 5. The largest absolute Gasteiger partial charge is 0.491 e. The number of anilines is 1. The lowest BCUT2D eigenvalue weighted by molar-refractivity contribution is 0.0468. The molecule has 0 aliphatic heterocycles. The molecule has 0 bridgehead atoms. The fourth-order valence-electron chi connectivity index (χ4n) is 1.90. The molecule has 1 aromatic heterocycles. The summed E-state index contributed by atoms with van der Waals surface area (Å²) in [5, 5.41) is 4.13. The normalized spacial score (nSPS) is 10.4. The Morgan fingerprint density at radius 2 is 2.19 bits per heavy atom. The summed E-state index contributed by atoms with van der Waals surface area (Å²) in [4.78, 5) is 12.2. The van der Waals surface area contributed by atoms with Crippen LogP contribution in [-0.2, 0) is 17.9 Å². The summed E-state index contributed by atoms with van der Waals surface area (Å²) in [5.74, 6) is -0.0933. The molecule has 2 rings (SSSR count). The highest BCUT2D eigenvalue weighted by Crippen LogP contribution is 2.27. The summed E-state index contributed by atoms with van der Waals surface area (Å²) < 4.78 is 12.5. The summed E-state index contributed by atoms with van der Waals surface area (Å²) >= 11 is 0. The average molecular weight is 289 g/mol. The third-order valence-corrected chi connectivity index (χ3v) is 2.93. The number of hydrogen-bond donors (Lipinski definition) is 1. The minimum absolute atomic E-state index is 0.166. The molecule has 2 N–H and O–H groups in total. The van der Waals surface area contributed by atoms with Gasteiger partial charge in [-0.1, -0.05) is 6.07 Å². The Kier molecular flexibility index (Phi) is 4.81. The lowest BCUT2D eigenvalue weighted by Gasteiger charge is -2.11. The van der Waals surface area contributed by atoms with Gasteiger partial charge in [-0.25, -0.2) is 4.79 Å². The number of nitrogen functional groups attached to an aromatic ring is 1. The summed E-state index contributed by atoms with van der Waals surface area (Å²) in [7, 11) is 0. The molecule has 0 radical (unpaired) electrons. The molecule has 1 heterocycles. The highest BCUT2D eigenvalue weighted by molar-refractivity contribution is 5.94. The second kappa shape index (κ2) is 6.78. The number of nitrogens with two attached hydrogens (primary N) is 1. The maximum Gasteiger partial charge on any atom is 0.342 e. The maximum absolute atomic E-state index is 12.2. The molecule has 2 aromatic rings. The van der Waals surface area contributed by atoms with E-state index in [1.54, 1.807) is 29.1 Å². The number of carbonyl (C=O) groups excluding carboxylic acids is 1. The zero-order chi connectivity index (χ0) is 15.2. The van der Waals surface area contributed by atoms with Gasteiger partial charge in [-0.05, 0) is 26.0 Å². The van der Waals surface area contributed by atoms with Gasteiger partial charge in [0.05, 0.1) is 18.5 Å². The van der Waals surface area contributed by atoms with Crippen molar-refractivity contribution < 1.29 is 14.3 Å². The molecule has 0 aliphatic rings. The van der Waals surface area contributed by atoms with Crippen LogP contribution >= 0.6 is 0 Å². The van der Waals surface area contributed by atoms with Crippen molar-refractivity contribution in [3.8, 4) is 5.75 Å². The first-order valence-corrected chi connectivity index (χ1v) is 6.85. The number of carbonyl (C=O) groups is 1. The lowest BCUT2D eigenvalue weighted by atomic mass is 10.1. The van der Waals surface area contributed by atoms with Crippen molar-refractivity contribution >= 4 is 11.7 Å². The Labute approximate surface area is 123 Å². The van der Waals surface area contributed by atoms with E-state index in [9.17, 15) is 4.79 Å². The van der Waals surface area contributed by atoms with Crippen LogP contribution in [0.25, 0.3) is 0 Å². The smallest absolute Gasteiger partial charge is 0.342 e. The fraction of sp³-hybridized carbons (Fsp3) is 0.333. The van der Waals surface area contributed by atoms with Crippen LogP contribution in [0.2, 0.25) is 0 Å². The molecule has 0 atom stereocenters. The van der Waals surface area contributed by atoms with Crippen LogP contribution in [-0.4, -0.2) is 22.4 Å². The molecular weight excluding hydrogens is 270 g/mol. The predicted molar refractivity (Wildman–Crippen MR) is 79.0 cm³/mol. The Balaban J connectivity index is 2.08. The van der Waals surface area contributed by atoms with Gasteiger partial charge < -0.3 is 15.2 Å². The number of benzene rings is 1. The fourth-order valence-corrected chi connectivity index (χ4v) is 1.90. The first-order valence-electron chi connectivity index (χ1n) is 6.85. The molecule has 0 saturated heterocycles. The van der Waals surface area contributed by atoms with E-state index < -0.39 is 5.97 Å². The SMILES string of the molecule is CCOc1c(N)cccc1C(=O)OCc1cnn(CC)c1. The first-order chi connectivity index (χ1) is 10.2. The van der Waals surface area contributed by atoms with Crippen LogP contribution in [0, 0.1) is 0 Å². The van der Waals surface area contributed by atoms with E-state index >= 15 is 0 Å². The Morgan fingerprint density at radius 3 is 2.86 bits per heavy atom. The topological polar surface area (TPSA) is 79.4 Å². The van der Waals surface area contributed by atoms with Crippen molar-refractivity contribution in [1.82, 2.24) is 9.78 Å². The van der Waals surface area contributed by atoms with Crippen molar-refractivity contribution in [3.05, 3.63) is 41.7 Å². The molecule has 0 unspecified atom stereocenters. The zero-order valence-corrected chi connectivity index (χ0v) is 12.2. The van der Waals surface area contributed by atoms with Crippen molar-refractivity contribution in [1.29, 1.82) is 0 Å². The molecule has 6 heteroatoms. The molecule has 112 valence electrons. The van der Waals surface area contributed by atoms with E-state index in [4.69, 9.17) is 15.2 Å². The van der Waals surface area contributed by atoms with Crippen LogP contribution in [0.3, 0.4) is 0 Å². The van der Waals surface area contributed by atoms with Gasteiger partial charge in [-0.2, -0.15) is 5.10 Å². The monoisotopic (exact) mass is 289 g/mol. The van der Waals surface area contributed by atoms with Gasteiger partial charge in [0.2, 0.25) is 0 Å². The summed E-state index contributed by atoms with van der Waals surface area (Å²) in [5.41, 5.74) is 7.42. The summed E-state index contributed by atoms with van der Waals surface area (Å²) in [6.45, 7) is 5.19. The molecule has 21 heavy (non-hydrogen) atoms. The van der Waals surface area contributed by atoms with Crippen LogP contribution in [0.1, 0.15) is 29.8 Å². The van der Waals surface area contributed by atoms with Crippen LogP contribution in [0.4, 0.5) is 5.69 Å². The third kappa shape index (κ3) is 3.53. The Bertz CT molecular complexity index is 622. The second-order valence-electron chi connectivity index (χ2n) is 4.44. The zero-order valence-electron chi connectivity index (χ0n) is 12.2. The third-order valence-electron chi connectivity index (χ3n) is 2.93. The van der Waals surface area contributed by atoms with Gasteiger partial charge in [-0.3, -0.25) is 4.68 Å². The van der Waals surface area contributed by atoms with Crippen LogP contribution in [0.15, 0.2) is 30.6 Å². The predicted octanol–water partition coefficient (Wildman–Crippen LogP) is 2.24. The standard InChI is InChI=1S/C15H19N3O3/c1-3-18-9-11(8-17-18)10-21-15(19)12-6-5-7-13(16)14(12)20-4-2/h5-9H,3-4,10,16H2,1-2H3. The van der Waals surface area contributed by atoms with Gasteiger partial charge in [0, 0.05) is 18.3 Å². The molecule has 0 spiro atoms. The number of aromatic nitrogens is 2. The lowest BCUT2D eigenvalue weighted by Crippen LogP contribution is -2.09. The van der Waals surface area contributed by atoms with Crippen molar-refractivity contribution in [2.75, 3.05) is 12.3 Å². The van der Waals surface area contributed by atoms with Gasteiger partial charge in [-0.15, -0.1) is 0 Å². The molecule has 0 aliphatic carbocycles. The summed E-state index contributed by atoms with van der Waals surface area (Å²) in [6.07, 6.45) is 3.52. The van der Waals surface area contributed by atoms with E-state index in [1.165, 1.54) is 0 Å². The minimum atomic E-state index is -0.463. The Hall–Kier alpha value is -2.50. The van der Waals surface area contributed by atoms with Gasteiger partial charge in [0.15, 0.2) is 5.75 Å². The molecule has 6 nitrogen and oxygen atoms in total. The average Bonchev–Trinajstić information content (AvgIpc) is 2.95. The number of esters is 1. The van der Waals surface area contributed by atoms with E-state index in [0.717, 1.165) is 12.1 Å². The van der Waals surface area contributed by atoms with E-state index in [0.29, 0.717) is 23.6 Å². The quantitative estimate of drug-likeness (QED) is 0.651. The molecule has 0 saturated carbocycles. The molecule has 1 aromatic carbocycles. The molecule has 0 amide bonds. The van der Waals surface area contributed by atoms with Crippen LogP contribution < -0.4 is 10.5 Å². The highest BCUT2D eigenvalue weighted by atomic mass is 16.5. The van der Waals surface area contributed by atoms with Crippen molar-refractivity contribution in [3.63, 3.8) is 0 Å². The van der Waals surface area contributed by atoms with E-state index in [2.05, 4.69) is 5.10 Å². The highest BCUT2D eigenvalue weighted by Gasteiger charge is 2.16. The van der Waals surface area contributed by atoms with E-state index in [1.807, 2.05) is 20.0 Å². The first kappa shape index (κ1) is 14.9. The Morgan fingerprint density at radius 1 is 1.38 bits per heavy atom. The number of aryl methyl sites for hydroxylation is 1. The second-order valence-corrected chi connectivity index (χ2v) is 4.44. The van der Waals surface area contributed by atoms with Crippen molar-refractivity contribution in [2.24, 2.45) is 0 Å². The minimum Gasteiger partial charge on any atom is -0.491 e. The van der Waals surface area contributed by atoms with Gasteiger partial charge in [0.25, 0.3) is 0 Å². The van der Waals surface area contributed by atoms with Crippen LogP contribution in [0.5, 0.6) is 5.75 Å².